The van der Waals surface area contributed by atoms with Crippen LogP contribution >= 0.6 is 24.8 Å². The maximum absolute atomic E-state index is 5.85. The van der Waals surface area contributed by atoms with E-state index in [9.17, 15) is 0 Å². The third-order valence-corrected chi connectivity index (χ3v) is 9.84. The molecule has 2 nitrogen and oxygen atoms in total. The third-order valence-electron chi connectivity index (χ3n) is 9.84. The molecule has 0 bridgehead atoms. The van der Waals surface area contributed by atoms with Gasteiger partial charge in [-0.2, -0.15) is 0 Å². The zero-order valence-corrected chi connectivity index (χ0v) is 39.4. The van der Waals surface area contributed by atoms with Gasteiger partial charge in [0.15, 0.2) is 0 Å². The molecular formula is C50H54Cl2O2SiZr. The van der Waals surface area contributed by atoms with E-state index in [-0.39, 0.29) is 30.2 Å². The largest absolute Gasteiger partial charge is 0.496 e. The van der Waals surface area contributed by atoms with Gasteiger partial charge in [0.2, 0.25) is 0 Å². The molecule has 56 heavy (non-hydrogen) atoms. The van der Waals surface area contributed by atoms with Gasteiger partial charge >= 0.3 is 41.9 Å². The number of benzene rings is 4. The number of fused-ring (bicyclic) bond motifs is 2. The summed E-state index contributed by atoms with van der Waals surface area (Å²) in [4.78, 5) is 0. The predicted octanol–water partition coefficient (Wildman–Crippen LogP) is 16.1. The number of hydrogen-bond acceptors (Lipinski definition) is 2. The molecule has 0 unspecified atom stereocenters. The SMILES string of the molecule is C[Si](C)=[Zr+2].Cc1ccc(-c2cc3c(-c4ccccc4)c(C(C)C)c(C)cc3[cH-]2)o1.Cc1ccc(-c2cc3c(-c4ccccc4)c(C(C)C)c(C)cc3[cH-]2)o1.Cl.Cl. The molecular weight excluding hydrogens is 823 g/mol. The summed E-state index contributed by atoms with van der Waals surface area (Å²) in [6.07, 6.45) is 0. The summed E-state index contributed by atoms with van der Waals surface area (Å²) in [5, 5.41) is 5.18. The molecule has 8 aromatic rings. The molecule has 0 N–H and O–H groups in total. The number of halogens is 2. The Hall–Kier alpha value is -3.66. The molecule has 0 saturated carbocycles. The molecule has 0 atom stereocenters. The zero-order valence-electron chi connectivity index (χ0n) is 34.3. The summed E-state index contributed by atoms with van der Waals surface area (Å²) < 4.78 is 11.7. The fourth-order valence-electron chi connectivity index (χ4n) is 7.81. The van der Waals surface area contributed by atoms with E-state index < -0.39 is 0 Å². The van der Waals surface area contributed by atoms with Crippen LogP contribution in [0, 0.1) is 27.7 Å². The molecule has 0 aliphatic heterocycles. The normalized spacial score (nSPS) is 10.8. The molecule has 0 aliphatic carbocycles. The van der Waals surface area contributed by atoms with Gasteiger partial charge in [-0.15, -0.1) is 82.8 Å². The van der Waals surface area contributed by atoms with Crippen LogP contribution in [0.2, 0.25) is 13.1 Å². The minimum Gasteiger partial charge on any atom is -0.496 e. The fourth-order valence-corrected chi connectivity index (χ4v) is 7.81. The van der Waals surface area contributed by atoms with Crippen LogP contribution < -0.4 is 0 Å². The van der Waals surface area contributed by atoms with Gasteiger partial charge in [0.05, 0.1) is 23.0 Å². The van der Waals surface area contributed by atoms with Crippen molar-refractivity contribution in [3.8, 4) is 44.9 Å². The molecule has 0 saturated heterocycles. The van der Waals surface area contributed by atoms with Crippen LogP contribution in [-0.4, -0.2) is 5.43 Å². The Morgan fingerprint density at radius 3 is 1.14 bits per heavy atom. The average Bonchev–Trinajstić information content (AvgIpc) is 3.94. The molecule has 2 aromatic heterocycles. The minimum atomic E-state index is 0. The first-order valence-electron chi connectivity index (χ1n) is 19.1. The summed E-state index contributed by atoms with van der Waals surface area (Å²) in [5.41, 5.74) is 13.4. The smallest absolute Gasteiger partial charge is 0.0896 e. The van der Waals surface area contributed by atoms with Crippen LogP contribution in [-0.2, 0) is 23.3 Å². The molecule has 0 radical (unpaired) electrons. The number of aryl methyl sites for hydroxylation is 4. The fraction of sp³-hybridized carbons (Fsp3) is 0.240. The van der Waals surface area contributed by atoms with Crippen molar-refractivity contribution in [2.75, 3.05) is 0 Å². The van der Waals surface area contributed by atoms with E-state index in [1.165, 1.54) is 66.1 Å². The van der Waals surface area contributed by atoms with Gasteiger partial charge in [-0.05, 0) is 97.2 Å². The first-order valence-corrected chi connectivity index (χ1v) is 25.2. The van der Waals surface area contributed by atoms with Gasteiger partial charge in [0.1, 0.15) is 0 Å². The maximum Gasteiger partial charge on any atom is 0.0896 e. The predicted molar refractivity (Wildman–Crippen MR) is 244 cm³/mol. The van der Waals surface area contributed by atoms with Gasteiger partial charge in [-0.25, -0.2) is 0 Å². The van der Waals surface area contributed by atoms with Crippen molar-refractivity contribution in [3.05, 3.63) is 155 Å². The molecule has 2 heterocycles. The van der Waals surface area contributed by atoms with Gasteiger partial charge in [-0.1, -0.05) is 111 Å². The Labute approximate surface area is 361 Å². The molecule has 6 aromatic carbocycles. The summed E-state index contributed by atoms with van der Waals surface area (Å²) in [7, 11) is 0. The van der Waals surface area contributed by atoms with Crippen molar-refractivity contribution in [2.24, 2.45) is 0 Å². The van der Waals surface area contributed by atoms with Crippen LogP contribution in [0.4, 0.5) is 0 Å². The summed E-state index contributed by atoms with van der Waals surface area (Å²) in [5.74, 6) is 4.73. The topological polar surface area (TPSA) is 26.3 Å². The summed E-state index contributed by atoms with van der Waals surface area (Å²) >= 11 is 1.74. The van der Waals surface area contributed by atoms with E-state index in [2.05, 4.69) is 164 Å². The average molecular weight is 877 g/mol. The van der Waals surface area contributed by atoms with E-state index >= 15 is 0 Å². The molecule has 0 amide bonds. The molecule has 0 fully saturated rings. The molecule has 6 heteroatoms. The Morgan fingerprint density at radius 2 is 0.857 bits per heavy atom. The van der Waals surface area contributed by atoms with Crippen molar-refractivity contribution in [1.82, 2.24) is 0 Å². The van der Waals surface area contributed by atoms with Crippen LogP contribution in [0.15, 0.2) is 130 Å². The maximum atomic E-state index is 5.85. The van der Waals surface area contributed by atoms with Crippen molar-refractivity contribution >= 4 is 51.8 Å². The van der Waals surface area contributed by atoms with Crippen LogP contribution in [0.3, 0.4) is 0 Å². The summed E-state index contributed by atoms with van der Waals surface area (Å²) in [6.45, 7) is 22.2. The van der Waals surface area contributed by atoms with Crippen LogP contribution in [0.25, 0.3) is 66.4 Å². The van der Waals surface area contributed by atoms with Gasteiger partial charge in [0, 0.05) is 0 Å². The van der Waals surface area contributed by atoms with E-state index in [4.69, 9.17) is 8.83 Å². The Morgan fingerprint density at radius 1 is 0.518 bits per heavy atom. The Balaban J connectivity index is 0.000000220. The van der Waals surface area contributed by atoms with E-state index in [0.29, 0.717) is 11.8 Å². The molecule has 288 valence electrons. The van der Waals surface area contributed by atoms with Crippen molar-refractivity contribution in [1.29, 1.82) is 0 Å². The Bertz CT molecular complexity index is 2360. The zero-order chi connectivity index (χ0) is 38.7. The van der Waals surface area contributed by atoms with Crippen molar-refractivity contribution in [3.63, 3.8) is 0 Å². The first kappa shape index (κ1) is 45.0. The van der Waals surface area contributed by atoms with Crippen LogP contribution in [0.1, 0.15) is 73.3 Å². The third kappa shape index (κ3) is 10.1. The first-order chi connectivity index (χ1) is 25.8. The van der Waals surface area contributed by atoms with Crippen molar-refractivity contribution < 1.29 is 32.2 Å². The summed E-state index contributed by atoms with van der Waals surface area (Å²) in [6, 6.07) is 43.3. The Kier molecular flexibility index (Phi) is 15.8. The molecule has 0 aliphatic rings. The quantitative estimate of drug-likeness (QED) is 0.123. The standard InChI is InChI=1S/2C24H23O.C2H6Si.2ClH.Zr/c2*1-15(2)23-16(3)12-19-13-20(22-11-10-17(4)25-22)14-21(19)24(23)18-8-6-5-7-9-18;1-3-2;;;/h2*5-15H,1-4H3;1-2H3;2*1H;/q2*-1;;;;+2. The number of rotatable bonds is 6. The second kappa shape index (κ2) is 19.7. The van der Waals surface area contributed by atoms with Gasteiger partial charge in [-0.3, -0.25) is 0 Å². The number of furan rings is 2. The number of hydrogen-bond donors (Lipinski definition) is 0. The molecule has 0 spiro atoms. The van der Waals surface area contributed by atoms with E-state index in [1.54, 1.807) is 23.3 Å². The monoisotopic (exact) mass is 874 g/mol. The van der Waals surface area contributed by atoms with Crippen LogP contribution in [0.5, 0.6) is 0 Å². The molecule has 8 rings (SSSR count). The second-order valence-electron chi connectivity index (χ2n) is 15.3. The second-order valence-corrected chi connectivity index (χ2v) is 24.7. The van der Waals surface area contributed by atoms with Crippen molar-refractivity contribution in [2.45, 2.75) is 80.3 Å². The van der Waals surface area contributed by atoms with Gasteiger partial charge < -0.3 is 8.83 Å². The van der Waals surface area contributed by atoms with E-state index in [1.807, 2.05) is 26.0 Å². The van der Waals surface area contributed by atoms with E-state index in [0.717, 1.165) is 34.2 Å². The minimum absolute atomic E-state index is 0. The van der Waals surface area contributed by atoms with Gasteiger partial charge in [0.25, 0.3) is 0 Å².